The molecule has 1 saturated heterocycles. The highest BCUT2D eigenvalue weighted by Gasteiger charge is 2.14. The number of ether oxygens (including phenoxy) is 1. The maximum atomic E-state index is 5.48. The number of rotatable bonds is 6. The van der Waals surface area contributed by atoms with Gasteiger partial charge in [0, 0.05) is 24.9 Å². The van der Waals surface area contributed by atoms with Crippen molar-refractivity contribution in [2.75, 3.05) is 30.4 Å². The standard InChI is InChI=1S/C16H23N5O2/c1-11-14(12(2)23-21-11)5-7-17-16-18-8-6-15(20-16)19-13-4-3-9-22-10-13/h6,8,13H,3-5,7,9-10H2,1-2H3,(H2,17,18,19,20)/t13-/m0/s1. The summed E-state index contributed by atoms with van der Waals surface area (Å²) in [7, 11) is 0. The van der Waals surface area contributed by atoms with Crippen LogP contribution in [0, 0.1) is 13.8 Å². The molecule has 1 aliphatic heterocycles. The maximum absolute atomic E-state index is 5.48. The molecular formula is C16H23N5O2. The number of anilines is 2. The smallest absolute Gasteiger partial charge is 0.224 e. The first-order valence-electron chi connectivity index (χ1n) is 8.05. The van der Waals surface area contributed by atoms with Crippen LogP contribution in [0.3, 0.4) is 0 Å². The molecule has 0 radical (unpaired) electrons. The van der Waals surface area contributed by atoms with E-state index in [-0.39, 0.29) is 0 Å². The second-order valence-electron chi connectivity index (χ2n) is 5.80. The van der Waals surface area contributed by atoms with Gasteiger partial charge in [0.25, 0.3) is 0 Å². The molecule has 1 aliphatic rings. The van der Waals surface area contributed by atoms with Crippen LogP contribution >= 0.6 is 0 Å². The van der Waals surface area contributed by atoms with Gasteiger partial charge in [-0.3, -0.25) is 0 Å². The Balaban J connectivity index is 1.53. The Morgan fingerprint density at radius 2 is 2.26 bits per heavy atom. The molecule has 23 heavy (non-hydrogen) atoms. The highest BCUT2D eigenvalue weighted by Crippen LogP contribution is 2.15. The number of hydrogen-bond acceptors (Lipinski definition) is 7. The topological polar surface area (TPSA) is 85.1 Å². The molecule has 0 saturated carbocycles. The number of nitrogens with zero attached hydrogens (tertiary/aromatic N) is 3. The molecule has 3 rings (SSSR count). The first-order valence-corrected chi connectivity index (χ1v) is 8.05. The van der Waals surface area contributed by atoms with E-state index in [1.54, 1.807) is 6.20 Å². The monoisotopic (exact) mass is 317 g/mol. The van der Waals surface area contributed by atoms with E-state index in [2.05, 4.69) is 25.8 Å². The zero-order valence-electron chi connectivity index (χ0n) is 13.6. The Morgan fingerprint density at radius 1 is 1.35 bits per heavy atom. The summed E-state index contributed by atoms with van der Waals surface area (Å²) in [5.41, 5.74) is 2.09. The molecule has 3 heterocycles. The Morgan fingerprint density at radius 3 is 3.00 bits per heavy atom. The van der Waals surface area contributed by atoms with Crippen LogP contribution in [0.4, 0.5) is 11.8 Å². The van der Waals surface area contributed by atoms with E-state index in [0.29, 0.717) is 12.0 Å². The Hall–Kier alpha value is -2.15. The maximum Gasteiger partial charge on any atom is 0.224 e. The van der Waals surface area contributed by atoms with E-state index in [1.807, 2.05) is 19.9 Å². The lowest BCUT2D eigenvalue weighted by Gasteiger charge is -2.23. The van der Waals surface area contributed by atoms with Crippen LogP contribution in [0.2, 0.25) is 0 Å². The Kier molecular flexibility index (Phi) is 5.07. The van der Waals surface area contributed by atoms with Crippen LogP contribution < -0.4 is 10.6 Å². The summed E-state index contributed by atoms with van der Waals surface area (Å²) in [5.74, 6) is 2.33. The van der Waals surface area contributed by atoms with E-state index < -0.39 is 0 Å². The molecule has 0 spiro atoms. The molecule has 1 atom stereocenters. The molecule has 2 N–H and O–H groups in total. The fraction of sp³-hybridized carbons (Fsp3) is 0.562. The minimum atomic E-state index is 0.328. The summed E-state index contributed by atoms with van der Waals surface area (Å²) in [6.07, 6.45) is 4.79. The van der Waals surface area contributed by atoms with Crippen LogP contribution in [-0.2, 0) is 11.2 Å². The van der Waals surface area contributed by atoms with Gasteiger partial charge in [0.15, 0.2) is 0 Å². The van der Waals surface area contributed by atoms with Gasteiger partial charge in [0.1, 0.15) is 11.6 Å². The highest BCUT2D eigenvalue weighted by molar-refractivity contribution is 5.40. The Labute approximate surface area is 135 Å². The molecule has 1 fully saturated rings. The van der Waals surface area contributed by atoms with Crippen molar-refractivity contribution in [3.05, 3.63) is 29.3 Å². The van der Waals surface area contributed by atoms with Gasteiger partial charge in [-0.2, -0.15) is 4.98 Å². The van der Waals surface area contributed by atoms with Crippen LogP contribution in [0.25, 0.3) is 0 Å². The average molecular weight is 317 g/mol. The molecule has 0 aromatic carbocycles. The minimum absolute atomic E-state index is 0.328. The third-order valence-corrected chi connectivity index (χ3v) is 4.01. The number of hydrogen-bond donors (Lipinski definition) is 2. The van der Waals surface area contributed by atoms with Gasteiger partial charge < -0.3 is 19.9 Å². The van der Waals surface area contributed by atoms with Gasteiger partial charge in [-0.1, -0.05) is 5.16 Å². The van der Waals surface area contributed by atoms with E-state index in [4.69, 9.17) is 9.26 Å². The van der Waals surface area contributed by atoms with Gasteiger partial charge in [-0.15, -0.1) is 0 Å². The molecular weight excluding hydrogens is 294 g/mol. The zero-order valence-corrected chi connectivity index (χ0v) is 13.6. The minimum Gasteiger partial charge on any atom is -0.379 e. The summed E-state index contributed by atoms with van der Waals surface area (Å²) in [6.45, 7) is 6.22. The number of aryl methyl sites for hydroxylation is 2. The molecule has 0 aliphatic carbocycles. The summed E-state index contributed by atoms with van der Waals surface area (Å²) < 4.78 is 10.6. The van der Waals surface area contributed by atoms with Crippen molar-refractivity contribution in [2.45, 2.75) is 39.2 Å². The second-order valence-corrected chi connectivity index (χ2v) is 5.80. The lowest BCUT2D eigenvalue weighted by molar-refractivity contribution is 0.0875. The van der Waals surface area contributed by atoms with Crippen LogP contribution in [-0.4, -0.2) is 40.9 Å². The van der Waals surface area contributed by atoms with E-state index >= 15 is 0 Å². The van der Waals surface area contributed by atoms with E-state index in [0.717, 1.165) is 61.9 Å². The quantitative estimate of drug-likeness (QED) is 0.845. The fourth-order valence-electron chi connectivity index (χ4n) is 2.75. The summed E-state index contributed by atoms with van der Waals surface area (Å²) in [5, 5.41) is 10.6. The molecule has 124 valence electrons. The molecule has 7 heteroatoms. The van der Waals surface area contributed by atoms with Crippen molar-refractivity contribution >= 4 is 11.8 Å². The van der Waals surface area contributed by atoms with Gasteiger partial charge in [-0.05, 0) is 39.2 Å². The molecule has 0 bridgehead atoms. The third-order valence-electron chi connectivity index (χ3n) is 4.01. The number of nitrogens with one attached hydrogen (secondary N) is 2. The lowest BCUT2D eigenvalue weighted by Crippen LogP contribution is -2.30. The van der Waals surface area contributed by atoms with Crippen molar-refractivity contribution < 1.29 is 9.26 Å². The second kappa shape index (κ2) is 7.41. The third kappa shape index (κ3) is 4.19. The summed E-state index contributed by atoms with van der Waals surface area (Å²) in [6, 6.07) is 2.21. The van der Waals surface area contributed by atoms with Crippen LogP contribution in [0.1, 0.15) is 29.9 Å². The SMILES string of the molecule is Cc1noc(C)c1CCNc1nccc(N[C@H]2CCCOC2)n1. The van der Waals surface area contributed by atoms with E-state index in [9.17, 15) is 0 Å². The lowest BCUT2D eigenvalue weighted by atomic mass is 10.1. The van der Waals surface area contributed by atoms with Crippen molar-refractivity contribution in [3.63, 3.8) is 0 Å². The van der Waals surface area contributed by atoms with Crippen molar-refractivity contribution in [1.29, 1.82) is 0 Å². The average Bonchev–Trinajstić information content (AvgIpc) is 2.88. The summed E-state index contributed by atoms with van der Waals surface area (Å²) in [4.78, 5) is 8.77. The first kappa shape index (κ1) is 15.7. The summed E-state index contributed by atoms with van der Waals surface area (Å²) >= 11 is 0. The van der Waals surface area contributed by atoms with Crippen LogP contribution in [0.5, 0.6) is 0 Å². The molecule has 0 amide bonds. The largest absolute Gasteiger partial charge is 0.379 e. The van der Waals surface area contributed by atoms with Gasteiger partial charge >= 0.3 is 0 Å². The number of aromatic nitrogens is 3. The van der Waals surface area contributed by atoms with Gasteiger partial charge in [-0.25, -0.2) is 4.98 Å². The molecule has 7 nitrogen and oxygen atoms in total. The van der Waals surface area contributed by atoms with Crippen molar-refractivity contribution in [3.8, 4) is 0 Å². The van der Waals surface area contributed by atoms with Crippen molar-refractivity contribution in [1.82, 2.24) is 15.1 Å². The first-order chi connectivity index (χ1) is 11.2. The van der Waals surface area contributed by atoms with Gasteiger partial charge in [0.2, 0.25) is 5.95 Å². The fourth-order valence-corrected chi connectivity index (χ4v) is 2.75. The Bertz CT molecular complexity index is 618. The van der Waals surface area contributed by atoms with Crippen LogP contribution in [0.15, 0.2) is 16.8 Å². The zero-order chi connectivity index (χ0) is 16.1. The highest BCUT2D eigenvalue weighted by atomic mass is 16.5. The van der Waals surface area contributed by atoms with Crippen molar-refractivity contribution in [2.24, 2.45) is 0 Å². The molecule has 2 aromatic heterocycles. The van der Waals surface area contributed by atoms with Gasteiger partial charge in [0.05, 0.1) is 18.3 Å². The normalized spacial score (nSPS) is 17.9. The molecule has 0 unspecified atom stereocenters. The van der Waals surface area contributed by atoms with E-state index in [1.165, 1.54) is 0 Å². The predicted molar refractivity (Wildman–Crippen MR) is 87.7 cm³/mol. The molecule has 2 aromatic rings. The predicted octanol–water partition coefficient (Wildman–Crippen LogP) is 2.33.